The van der Waals surface area contributed by atoms with E-state index in [0.29, 0.717) is 16.8 Å². The number of amides is 1. The van der Waals surface area contributed by atoms with Crippen LogP contribution in [0.25, 0.3) is 5.69 Å². The summed E-state index contributed by atoms with van der Waals surface area (Å²) in [6.45, 7) is 4.08. The molecular weight excluding hydrogens is 298 g/mol. The van der Waals surface area contributed by atoms with Gasteiger partial charge in [-0.05, 0) is 54.7 Å². The summed E-state index contributed by atoms with van der Waals surface area (Å²) < 4.78 is 1.68. The van der Waals surface area contributed by atoms with Crippen LogP contribution < -0.4 is 5.32 Å². The van der Waals surface area contributed by atoms with Gasteiger partial charge in [0.05, 0.1) is 11.4 Å². The fourth-order valence-electron chi connectivity index (χ4n) is 2.36. The van der Waals surface area contributed by atoms with Gasteiger partial charge in [0.1, 0.15) is 0 Å². The quantitative estimate of drug-likeness (QED) is 0.825. The number of benzene rings is 1. The lowest BCUT2D eigenvalue weighted by Gasteiger charge is -2.12. The highest BCUT2D eigenvalue weighted by Gasteiger charge is 2.28. The largest absolute Gasteiger partial charge is 0.353 e. The molecule has 0 bridgehead atoms. The molecule has 1 heterocycles. The van der Waals surface area contributed by atoms with Crippen molar-refractivity contribution >= 4 is 17.7 Å². The molecule has 1 atom stereocenters. The summed E-state index contributed by atoms with van der Waals surface area (Å²) in [6.07, 6.45) is 2.44. The molecule has 1 N–H and O–H groups in total. The van der Waals surface area contributed by atoms with E-state index in [4.69, 9.17) is 0 Å². The van der Waals surface area contributed by atoms with E-state index in [-0.39, 0.29) is 11.9 Å². The van der Waals surface area contributed by atoms with Crippen molar-refractivity contribution in [2.24, 2.45) is 5.92 Å². The Bertz CT molecular complexity index is 667. The van der Waals surface area contributed by atoms with Crippen molar-refractivity contribution in [3.8, 4) is 5.69 Å². The molecule has 0 saturated heterocycles. The summed E-state index contributed by atoms with van der Waals surface area (Å²) in [5.41, 5.74) is 2.02. The zero-order valence-electron chi connectivity index (χ0n) is 12.7. The maximum Gasteiger partial charge on any atom is 0.230 e. The van der Waals surface area contributed by atoms with Crippen LogP contribution in [0.2, 0.25) is 0 Å². The van der Waals surface area contributed by atoms with Crippen LogP contribution in [0.1, 0.15) is 25.3 Å². The summed E-state index contributed by atoms with van der Waals surface area (Å²) in [5, 5.41) is 15.4. The fourth-order valence-corrected chi connectivity index (χ4v) is 3.06. The van der Waals surface area contributed by atoms with E-state index in [1.807, 2.05) is 31.2 Å². The fraction of sp³-hybridized carbons (Fsp3) is 0.467. The maximum atomic E-state index is 12.0. The summed E-state index contributed by atoms with van der Waals surface area (Å²) >= 11 is 1.35. The molecule has 3 rings (SSSR count). The van der Waals surface area contributed by atoms with Gasteiger partial charge < -0.3 is 5.32 Å². The van der Waals surface area contributed by atoms with Gasteiger partial charge >= 0.3 is 0 Å². The molecule has 2 aromatic rings. The Morgan fingerprint density at radius 3 is 2.95 bits per heavy atom. The van der Waals surface area contributed by atoms with Gasteiger partial charge in [0.25, 0.3) is 0 Å². The van der Waals surface area contributed by atoms with E-state index in [1.165, 1.54) is 24.6 Å². The first kappa shape index (κ1) is 15.0. The van der Waals surface area contributed by atoms with Crippen molar-refractivity contribution in [1.29, 1.82) is 0 Å². The highest BCUT2D eigenvalue weighted by molar-refractivity contribution is 7.99. The van der Waals surface area contributed by atoms with Gasteiger partial charge in [-0.15, -0.1) is 5.10 Å². The van der Waals surface area contributed by atoms with Crippen molar-refractivity contribution < 1.29 is 4.79 Å². The Hall–Kier alpha value is -1.89. The van der Waals surface area contributed by atoms with E-state index in [2.05, 4.69) is 27.8 Å². The highest BCUT2D eigenvalue weighted by atomic mass is 32.2. The molecule has 1 aliphatic carbocycles. The van der Waals surface area contributed by atoms with Crippen LogP contribution in [0, 0.1) is 12.8 Å². The second kappa shape index (κ2) is 6.48. The van der Waals surface area contributed by atoms with Crippen LogP contribution in [-0.4, -0.2) is 37.9 Å². The predicted octanol–water partition coefficient (Wildman–Crippen LogP) is 1.98. The second-order valence-corrected chi connectivity index (χ2v) is 6.58. The predicted molar refractivity (Wildman–Crippen MR) is 84.9 cm³/mol. The third kappa shape index (κ3) is 3.47. The first-order valence-corrected chi connectivity index (χ1v) is 8.40. The molecule has 1 aromatic carbocycles. The number of aromatic nitrogens is 4. The number of thioether (sulfide) groups is 1. The minimum Gasteiger partial charge on any atom is -0.353 e. The van der Waals surface area contributed by atoms with Gasteiger partial charge in [-0.1, -0.05) is 30.0 Å². The van der Waals surface area contributed by atoms with Crippen LogP contribution in [0.4, 0.5) is 0 Å². The Labute approximate surface area is 133 Å². The average Bonchev–Trinajstić information content (AvgIpc) is 3.25. The molecule has 6 nitrogen and oxygen atoms in total. The molecule has 1 fully saturated rings. The Kier molecular flexibility index (Phi) is 4.42. The normalized spacial score (nSPS) is 15.5. The molecular formula is C15H19N5OS. The van der Waals surface area contributed by atoms with E-state index in [1.54, 1.807) is 4.68 Å². The standard InChI is InChI=1S/C15H19N5OS/c1-10-5-3-4-6-13(10)20-15(17-18-19-20)22-9-14(21)16-11(2)12-7-8-12/h3-6,11-12H,7-9H2,1-2H3,(H,16,21)/t11-/m1/s1. The van der Waals surface area contributed by atoms with Crippen LogP contribution in [-0.2, 0) is 4.79 Å². The number of rotatable bonds is 6. The maximum absolute atomic E-state index is 12.0. The van der Waals surface area contributed by atoms with Gasteiger partial charge in [-0.2, -0.15) is 4.68 Å². The van der Waals surface area contributed by atoms with E-state index >= 15 is 0 Å². The van der Waals surface area contributed by atoms with Crippen molar-refractivity contribution in [3.63, 3.8) is 0 Å². The van der Waals surface area contributed by atoms with Gasteiger partial charge in [-0.3, -0.25) is 4.79 Å². The first-order valence-electron chi connectivity index (χ1n) is 7.41. The third-order valence-corrected chi connectivity index (χ3v) is 4.75. The SMILES string of the molecule is Cc1ccccc1-n1nnnc1SCC(=O)N[C@H](C)C1CC1. The zero-order valence-corrected chi connectivity index (χ0v) is 13.5. The molecule has 7 heteroatoms. The monoisotopic (exact) mass is 317 g/mol. The Balaban J connectivity index is 1.63. The average molecular weight is 317 g/mol. The number of tetrazole rings is 1. The van der Waals surface area contributed by atoms with Crippen molar-refractivity contribution in [3.05, 3.63) is 29.8 Å². The van der Waals surface area contributed by atoms with Crippen LogP contribution >= 0.6 is 11.8 Å². The number of nitrogens with zero attached hydrogens (tertiary/aromatic N) is 4. The van der Waals surface area contributed by atoms with Crippen LogP contribution in [0.15, 0.2) is 29.4 Å². The number of para-hydroxylation sites is 1. The second-order valence-electron chi connectivity index (χ2n) is 5.64. The first-order chi connectivity index (χ1) is 10.6. The smallest absolute Gasteiger partial charge is 0.230 e. The van der Waals surface area contributed by atoms with Crippen molar-refractivity contribution in [1.82, 2.24) is 25.5 Å². The number of carbonyl (C=O) groups is 1. The number of hydrogen-bond acceptors (Lipinski definition) is 5. The number of nitrogens with one attached hydrogen (secondary N) is 1. The molecule has 0 spiro atoms. The molecule has 1 saturated carbocycles. The number of aryl methyl sites for hydroxylation is 1. The van der Waals surface area contributed by atoms with Gasteiger partial charge in [-0.25, -0.2) is 0 Å². The van der Waals surface area contributed by atoms with Crippen LogP contribution in [0.3, 0.4) is 0 Å². The summed E-state index contributed by atoms with van der Waals surface area (Å²) in [5.74, 6) is 1.01. The Morgan fingerprint density at radius 2 is 2.23 bits per heavy atom. The van der Waals surface area contributed by atoms with E-state index in [9.17, 15) is 4.79 Å². The zero-order chi connectivity index (χ0) is 15.5. The molecule has 1 aromatic heterocycles. The lowest BCUT2D eigenvalue weighted by Crippen LogP contribution is -2.35. The Morgan fingerprint density at radius 1 is 1.45 bits per heavy atom. The van der Waals surface area contributed by atoms with E-state index < -0.39 is 0 Å². The van der Waals surface area contributed by atoms with Gasteiger partial charge in [0.2, 0.25) is 11.1 Å². The lowest BCUT2D eigenvalue weighted by molar-refractivity contribution is -0.119. The molecule has 1 amide bonds. The van der Waals surface area contributed by atoms with E-state index in [0.717, 1.165) is 11.3 Å². The topological polar surface area (TPSA) is 72.7 Å². The lowest BCUT2D eigenvalue weighted by atomic mass is 10.2. The highest BCUT2D eigenvalue weighted by Crippen LogP contribution is 2.32. The summed E-state index contributed by atoms with van der Waals surface area (Å²) in [7, 11) is 0. The molecule has 0 radical (unpaired) electrons. The van der Waals surface area contributed by atoms with Crippen molar-refractivity contribution in [2.45, 2.75) is 37.9 Å². The molecule has 22 heavy (non-hydrogen) atoms. The molecule has 0 aliphatic heterocycles. The number of hydrogen-bond donors (Lipinski definition) is 1. The minimum atomic E-state index is 0.0312. The van der Waals surface area contributed by atoms with Crippen molar-refractivity contribution in [2.75, 3.05) is 5.75 Å². The number of carbonyl (C=O) groups excluding carboxylic acids is 1. The summed E-state index contributed by atoms with van der Waals surface area (Å²) in [6, 6.07) is 8.16. The summed E-state index contributed by atoms with van der Waals surface area (Å²) in [4.78, 5) is 12.0. The van der Waals surface area contributed by atoms with Crippen LogP contribution in [0.5, 0.6) is 0 Å². The third-order valence-electron chi connectivity index (χ3n) is 3.83. The molecule has 0 unspecified atom stereocenters. The minimum absolute atomic E-state index is 0.0312. The van der Waals surface area contributed by atoms with Gasteiger partial charge in [0.15, 0.2) is 0 Å². The molecule has 116 valence electrons. The molecule has 1 aliphatic rings. The van der Waals surface area contributed by atoms with Gasteiger partial charge in [0, 0.05) is 6.04 Å².